The average Bonchev–Trinajstić information content (AvgIpc) is 1.97. The first-order chi connectivity index (χ1) is 4.91. The summed E-state index contributed by atoms with van der Waals surface area (Å²) < 4.78 is 0. The van der Waals surface area contributed by atoms with Gasteiger partial charge in [-0.25, -0.2) is 0 Å². The van der Waals surface area contributed by atoms with Gasteiger partial charge in [0.2, 0.25) is 0 Å². The highest BCUT2D eigenvalue weighted by Crippen LogP contribution is 1.96. The molecule has 0 saturated carbocycles. The van der Waals surface area contributed by atoms with Crippen molar-refractivity contribution in [2.45, 2.75) is 39.0 Å². The van der Waals surface area contributed by atoms with Crippen molar-refractivity contribution in [1.82, 2.24) is 0 Å². The van der Waals surface area contributed by atoms with E-state index < -0.39 is 0 Å². The second-order valence-electron chi connectivity index (χ2n) is 2.31. The Morgan fingerprint density at radius 1 is 1.30 bits per heavy atom. The van der Waals surface area contributed by atoms with Crippen LogP contribution in [0.2, 0.25) is 0 Å². The maximum atomic E-state index is 8.19. The summed E-state index contributed by atoms with van der Waals surface area (Å²) in [6, 6.07) is 2.11. The highest BCUT2D eigenvalue weighted by Gasteiger charge is 1.78. The molecule has 0 aromatic heterocycles. The molecule has 1 heteroatoms. The zero-order valence-electron chi connectivity index (χ0n) is 6.64. The van der Waals surface area contributed by atoms with Crippen LogP contribution in [0.5, 0.6) is 0 Å². The number of unbranched alkanes of at least 4 members (excludes halogenated alkanes) is 3. The molecule has 0 rings (SSSR count). The lowest BCUT2D eigenvalue weighted by Gasteiger charge is -1.86. The zero-order chi connectivity index (χ0) is 7.66. The van der Waals surface area contributed by atoms with E-state index in [1.807, 2.05) is 0 Å². The molecular formula is C9H15N. The largest absolute Gasteiger partial charge is 0.198 e. The summed E-state index contributed by atoms with van der Waals surface area (Å²) >= 11 is 0. The Bertz CT molecular complexity index is 119. The first kappa shape index (κ1) is 9.23. The van der Waals surface area contributed by atoms with Gasteiger partial charge in [-0.05, 0) is 12.8 Å². The van der Waals surface area contributed by atoms with Crippen molar-refractivity contribution in [3.05, 3.63) is 12.2 Å². The number of rotatable bonds is 5. The van der Waals surface area contributed by atoms with Crippen LogP contribution in [0.4, 0.5) is 0 Å². The Morgan fingerprint density at radius 3 is 2.60 bits per heavy atom. The Morgan fingerprint density at radius 2 is 2.00 bits per heavy atom. The summed E-state index contributed by atoms with van der Waals surface area (Å²) in [4.78, 5) is 0. The molecule has 0 unspecified atom stereocenters. The second-order valence-corrected chi connectivity index (χ2v) is 2.31. The summed E-state index contributed by atoms with van der Waals surface area (Å²) in [5.74, 6) is 0. The van der Waals surface area contributed by atoms with Gasteiger partial charge in [-0.1, -0.05) is 31.9 Å². The van der Waals surface area contributed by atoms with Gasteiger partial charge in [0, 0.05) is 6.42 Å². The number of nitriles is 1. The fourth-order valence-corrected chi connectivity index (χ4v) is 0.706. The molecule has 0 aromatic carbocycles. The van der Waals surface area contributed by atoms with Crippen LogP contribution < -0.4 is 0 Å². The molecule has 0 aliphatic carbocycles. The van der Waals surface area contributed by atoms with Crippen LogP contribution in [-0.4, -0.2) is 0 Å². The molecule has 0 heterocycles. The van der Waals surface area contributed by atoms with Crippen molar-refractivity contribution < 1.29 is 0 Å². The first-order valence-corrected chi connectivity index (χ1v) is 3.93. The molecular weight excluding hydrogens is 122 g/mol. The molecule has 0 atom stereocenters. The predicted molar refractivity (Wildman–Crippen MR) is 43.5 cm³/mol. The Hall–Kier alpha value is -0.770. The number of hydrogen-bond acceptors (Lipinski definition) is 1. The molecule has 0 fully saturated rings. The van der Waals surface area contributed by atoms with Gasteiger partial charge in [-0.15, -0.1) is 0 Å². The summed E-state index contributed by atoms with van der Waals surface area (Å²) in [5.41, 5.74) is 0. The lowest BCUT2D eigenvalue weighted by molar-refractivity contribution is 0.811. The molecule has 1 nitrogen and oxygen atoms in total. The van der Waals surface area contributed by atoms with E-state index in [0.29, 0.717) is 6.42 Å². The van der Waals surface area contributed by atoms with E-state index in [0.717, 1.165) is 6.42 Å². The summed E-state index contributed by atoms with van der Waals surface area (Å²) in [6.45, 7) is 2.18. The van der Waals surface area contributed by atoms with Gasteiger partial charge in [-0.3, -0.25) is 0 Å². The van der Waals surface area contributed by atoms with Gasteiger partial charge in [0.05, 0.1) is 6.07 Å². The van der Waals surface area contributed by atoms with Crippen LogP contribution in [0.3, 0.4) is 0 Å². The van der Waals surface area contributed by atoms with Gasteiger partial charge in [-0.2, -0.15) is 5.26 Å². The quantitative estimate of drug-likeness (QED) is 0.422. The van der Waals surface area contributed by atoms with E-state index in [1.54, 1.807) is 0 Å². The van der Waals surface area contributed by atoms with Gasteiger partial charge < -0.3 is 0 Å². The third-order valence-electron chi connectivity index (χ3n) is 1.31. The van der Waals surface area contributed by atoms with Crippen LogP contribution in [-0.2, 0) is 0 Å². The minimum absolute atomic E-state index is 0.655. The molecule has 10 heavy (non-hydrogen) atoms. The minimum Gasteiger partial charge on any atom is -0.198 e. The molecule has 0 aromatic rings. The van der Waals surface area contributed by atoms with Crippen molar-refractivity contribution >= 4 is 0 Å². The van der Waals surface area contributed by atoms with Crippen molar-refractivity contribution in [3.63, 3.8) is 0 Å². The summed E-state index contributed by atoms with van der Waals surface area (Å²) in [6.07, 6.45) is 9.52. The van der Waals surface area contributed by atoms with E-state index >= 15 is 0 Å². The van der Waals surface area contributed by atoms with Gasteiger partial charge in [0.1, 0.15) is 0 Å². The fraction of sp³-hybridized carbons (Fsp3) is 0.667. The van der Waals surface area contributed by atoms with Crippen LogP contribution in [0, 0.1) is 11.3 Å². The third-order valence-corrected chi connectivity index (χ3v) is 1.31. The Balaban J connectivity index is 2.98. The molecule has 0 saturated heterocycles. The van der Waals surface area contributed by atoms with E-state index in [1.165, 1.54) is 19.3 Å². The molecule has 0 aliphatic rings. The second kappa shape index (κ2) is 8.23. The SMILES string of the molecule is CCCCC=CCCC#N. The van der Waals surface area contributed by atoms with E-state index in [9.17, 15) is 0 Å². The van der Waals surface area contributed by atoms with Crippen molar-refractivity contribution in [3.8, 4) is 6.07 Å². The van der Waals surface area contributed by atoms with Gasteiger partial charge in [0.15, 0.2) is 0 Å². The van der Waals surface area contributed by atoms with Crippen molar-refractivity contribution in [2.75, 3.05) is 0 Å². The molecule has 0 aliphatic heterocycles. The first-order valence-electron chi connectivity index (χ1n) is 3.93. The number of nitrogens with zero attached hydrogens (tertiary/aromatic N) is 1. The molecule has 0 bridgehead atoms. The van der Waals surface area contributed by atoms with E-state index in [4.69, 9.17) is 5.26 Å². The van der Waals surface area contributed by atoms with Gasteiger partial charge >= 0.3 is 0 Å². The summed E-state index contributed by atoms with van der Waals surface area (Å²) in [5, 5.41) is 8.19. The normalized spacial score (nSPS) is 10.0. The number of allylic oxidation sites excluding steroid dienone is 2. The third kappa shape index (κ3) is 7.23. The predicted octanol–water partition coefficient (Wildman–Crippen LogP) is 3.04. The topological polar surface area (TPSA) is 23.8 Å². The summed E-state index contributed by atoms with van der Waals surface area (Å²) in [7, 11) is 0. The molecule has 0 spiro atoms. The van der Waals surface area contributed by atoms with Crippen molar-refractivity contribution in [2.24, 2.45) is 0 Å². The van der Waals surface area contributed by atoms with Gasteiger partial charge in [0.25, 0.3) is 0 Å². The van der Waals surface area contributed by atoms with Crippen LogP contribution >= 0.6 is 0 Å². The molecule has 0 N–H and O–H groups in total. The lowest BCUT2D eigenvalue weighted by atomic mass is 10.2. The van der Waals surface area contributed by atoms with Crippen LogP contribution in [0.25, 0.3) is 0 Å². The van der Waals surface area contributed by atoms with Crippen LogP contribution in [0.1, 0.15) is 39.0 Å². The van der Waals surface area contributed by atoms with Crippen LogP contribution in [0.15, 0.2) is 12.2 Å². The fourth-order valence-electron chi connectivity index (χ4n) is 0.706. The molecule has 0 radical (unpaired) electrons. The minimum atomic E-state index is 0.655. The van der Waals surface area contributed by atoms with Crippen molar-refractivity contribution in [1.29, 1.82) is 5.26 Å². The van der Waals surface area contributed by atoms with E-state index in [2.05, 4.69) is 25.1 Å². The average molecular weight is 137 g/mol. The molecule has 0 amide bonds. The number of hydrogen-bond donors (Lipinski definition) is 0. The Labute approximate surface area is 63.4 Å². The molecule has 56 valence electrons. The Kier molecular flexibility index (Phi) is 7.60. The maximum absolute atomic E-state index is 8.19. The monoisotopic (exact) mass is 137 g/mol. The standard InChI is InChI=1S/C9H15N/c1-2-3-4-5-6-7-8-9-10/h5-6H,2-4,7-8H2,1H3. The lowest BCUT2D eigenvalue weighted by Crippen LogP contribution is -1.67. The zero-order valence-corrected chi connectivity index (χ0v) is 6.64. The smallest absolute Gasteiger partial charge is 0.0624 e. The highest BCUT2D eigenvalue weighted by molar-refractivity contribution is 4.85. The maximum Gasteiger partial charge on any atom is 0.0624 e. The highest BCUT2D eigenvalue weighted by atomic mass is 14.2. The van der Waals surface area contributed by atoms with E-state index in [-0.39, 0.29) is 0 Å².